The molecule has 0 saturated heterocycles. The molecule has 1 aliphatic heterocycles. The number of guanidine groups is 1. The summed E-state index contributed by atoms with van der Waals surface area (Å²) in [7, 11) is 3.94. The maximum atomic E-state index is 13.3. The molecular weight excluding hydrogens is 250 g/mol. The summed E-state index contributed by atoms with van der Waals surface area (Å²) < 4.78 is 26.3. The zero-order valence-electron chi connectivity index (χ0n) is 11.1. The lowest BCUT2D eigenvalue weighted by Gasteiger charge is -2.27. The Labute approximate surface area is 111 Å². The standard InChI is InChI=1S/C13H18F2N4/c1-18(2)5-6-19-12(8-17-13(19)16)9-3-4-10(14)11(15)7-9/h3-4,7,12H,5-6,8H2,1-2H3,(H2,16,17). The van der Waals surface area contributed by atoms with Gasteiger partial charge in [-0.1, -0.05) is 6.07 Å². The van der Waals surface area contributed by atoms with Crippen molar-refractivity contribution in [1.29, 1.82) is 0 Å². The molecule has 1 aliphatic rings. The fraction of sp³-hybridized carbons (Fsp3) is 0.462. The Kier molecular flexibility index (Phi) is 3.99. The van der Waals surface area contributed by atoms with E-state index in [1.165, 1.54) is 6.07 Å². The largest absolute Gasteiger partial charge is 0.370 e. The Morgan fingerprint density at radius 1 is 1.37 bits per heavy atom. The number of halogens is 2. The van der Waals surface area contributed by atoms with Crippen LogP contribution in [0.2, 0.25) is 0 Å². The van der Waals surface area contributed by atoms with Gasteiger partial charge in [0.05, 0.1) is 12.6 Å². The van der Waals surface area contributed by atoms with Crippen LogP contribution in [0.25, 0.3) is 0 Å². The van der Waals surface area contributed by atoms with Crippen molar-refractivity contribution in [2.75, 3.05) is 33.7 Å². The van der Waals surface area contributed by atoms with Crippen LogP contribution < -0.4 is 5.73 Å². The number of likely N-dealkylation sites (N-methyl/N-ethyl adjacent to an activating group) is 1. The van der Waals surface area contributed by atoms with Crippen LogP contribution in [-0.4, -0.2) is 49.5 Å². The van der Waals surface area contributed by atoms with Gasteiger partial charge in [0.1, 0.15) is 0 Å². The molecule has 1 atom stereocenters. The third-order valence-corrected chi connectivity index (χ3v) is 3.21. The predicted octanol–water partition coefficient (Wildman–Crippen LogP) is 1.20. The molecule has 0 spiro atoms. The van der Waals surface area contributed by atoms with Crippen LogP contribution in [0.1, 0.15) is 11.6 Å². The highest BCUT2D eigenvalue weighted by atomic mass is 19.2. The molecule has 1 aromatic carbocycles. The molecule has 1 heterocycles. The van der Waals surface area contributed by atoms with E-state index < -0.39 is 11.6 Å². The number of rotatable bonds is 4. The van der Waals surface area contributed by atoms with E-state index in [4.69, 9.17) is 5.73 Å². The van der Waals surface area contributed by atoms with Gasteiger partial charge in [0.25, 0.3) is 0 Å². The minimum Gasteiger partial charge on any atom is -0.370 e. The average Bonchev–Trinajstić information content (AvgIpc) is 2.71. The van der Waals surface area contributed by atoms with Crippen molar-refractivity contribution in [3.05, 3.63) is 35.4 Å². The maximum Gasteiger partial charge on any atom is 0.191 e. The number of benzene rings is 1. The van der Waals surface area contributed by atoms with Crippen LogP contribution >= 0.6 is 0 Å². The van der Waals surface area contributed by atoms with E-state index in [0.717, 1.165) is 12.6 Å². The minimum atomic E-state index is -0.838. The van der Waals surface area contributed by atoms with Gasteiger partial charge < -0.3 is 15.5 Å². The molecule has 0 radical (unpaired) electrons. The second-order valence-corrected chi connectivity index (χ2v) is 4.88. The first kappa shape index (κ1) is 13.7. The summed E-state index contributed by atoms with van der Waals surface area (Å²) in [5.41, 5.74) is 6.55. The Morgan fingerprint density at radius 3 is 2.74 bits per heavy atom. The van der Waals surface area contributed by atoms with Crippen LogP contribution in [0.5, 0.6) is 0 Å². The molecule has 19 heavy (non-hydrogen) atoms. The smallest absolute Gasteiger partial charge is 0.191 e. The van der Waals surface area contributed by atoms with Gasteiger partial charge in [0, 0.05) is 13.1 Å². The van der Waals surface area contributed by atoms with Gasteiger partial charge in [-0.25, -0.2) is 8.78 Å². The SMILES string of the molecule is CN(C)CCN1C(N)=NCC1c1ccc(F)c(F)c1. The first-order valence-corrected chi connectivity index (χ1v) is 6.15. The number of nitrogens with zero attached hydrogens (tertiary/aromatic N) is 3. The molecule has 1 aromatic rings. The van der Waals surface area contributed by atoms with Crippen LogP contribution in [0.3, 0.4) is 0 Å². The quantitative estimate of drug-likeness (QED) is 0.892. The van der Waals surface area contributed by atoms with E-state index in [1.54, 1.807) is 6.07 Å². The topological polar surface area (TPSA) is 44.9 Å². The lowest BCUT2D eigenvalue weighted by atomic mass is 10.1. The van der Waals surface area contributed by atoms with Gasteiger partial charge in [-0.3, -0.25) is 4.99 Å². The molecule has 0 fully saturated rings. The second-order valence-electron chi connectivity index (χ2n) is 4.88. The van der Waals surface area contributed by atoms with E-state index in [0.29, 0.717) is 24.6 Å². The molecule has 2 N–H and O–H groups in total. The number of aliphatic imine (C=N–C) groups is 1. The first-order valence-electron chi connectivity index (χ1n) is 6.15. The van der Waals surface area contributed by atoms with Crippen molar-refractivity contribution < 1.29 is 8.78 Å². The van der Waals surface area contributed by atoms with E-state index in [-0.39, 0.29) is 6.04 Å². The van der Waals surface area contributed by atoms with Gasteiger partial charge in [-0.15, -0.1) is 0 Å². The van der Waals surface area contributed by atoms with E-state index in [9.17, 15) is 8.78 Å². The first-order chi connectivity index (χ1) is 8.99. The highest BCUT2D eigenvalue weighted by molar-refractivity contribution is 5.80. The summed E-state index contributed by atoms with van der Waals surface area (Å²) in [4.78, 5) is 8.15. The molecule has 1 unspecified atom stereocenters. The molecule has 0 bridgehead atoms. The molecule has 0 aliphatic carbocycles. The fourth-order valence-corrected chi connectivity index (χ4v) is 2.11. The Hall–Kier alpha value is -1.69. The summed E-state index contributed by atoms with van der Waals surface area (Å²) in [5.74, 6) is -1.22. The van der Waals surface area contributed by atoms with Gasteiger partial charge in [-0.05, 0) is 31.8 Å². The van der Waals surface area contributed by atoms with E-state index in [2.05, 4.69) is 4.99 Å². The van der Waals surface area contributed by atoms with Crippen molar-refractivity contribution >= 4 is 5.96 Å². The number of nitrogens with two attached hydrogens (primary N) is 1. The summed E-state index contributed by atoms with van der Waals surface area (Å²) >= 11 is 0. The number of hydrogen-bond acceptors (Lipinski definition) is 4. The van der Waals surface area contributed by atoms with Crippen LogP contribution in [0.4, 0.5) is 8.78 Å². The van der Waals surface area contributed by atoms with E-state index in [1.807, 2.05) is 23.9 Å². The van der Waals surface area contributed by atoms with Gasteiger partial charge >= 0.3 is 0 Å². The number of hydrogen-bond donors (Lipinski definition) is 1. The zero-order chi connectivity index (χ0) is 14.0. The predicted molar refractivity (Wildman–Crippen MR) is 70.8 cm³/mol. The summed E-state index contributed by atoms with van der Waals surface area (Å²) in [6.45, 7) is 1.99. The summed E-state index contributed by atoms with van der Waals surface area (Å²) in [5, 5.41) is 0. The lowest BCUT2D eigenvalue weighted by molar-refractivity contribution is 0.292. The summed E-state index contributed by atoms with van der Waals surface area (Å²) in [6, 6.07) is 3.83. The van der Waals surface area contributed by atoms with Crippen molar-refractivity contribution in [1.82, 2.24) is 9.80 Å². The maximum absolute atomic E-state index is 13.3. The highest BCUT2D eigenvalue weighted by Gasteiger charge is 2.27. The van der Waals surface area contributed by atoms with Gasteiger partial charge in [0.15, 0.2) is 17.6 Å². The van der Waals surface area contributed by atoms with Crippen molar-refractivity contribution in [2.45, 2.75) is 6.04 Å². The van der Waals surface area contributed by atoms with Crippen molar-refractivity contribution in [2.24, 2.45) is 10.7 Å². The molecule has 0 saturated carbocycles. The molecule has 104 valence electrons. The normalized spacial score (nSPS) is 19.1. The second kappa shape index (κ2) is 5.52. The zero-order valence-corrected chi connectivity index (χ0v) is 11.1. The summed E-state index contributed by atoms with van der Waals surface area (Å²) in [6.07, 6.45) is 0. The molecular formula is C13H18F2N4. The Balaban J connectivity index is 2.16. The third kappa shape index (κ3) is 3.01. The minimum absolute atomic E-state index is 0.116. The molecule has 2 rings (SSSR count). The third-order valence-electron chi connectivity index (χ3n) is 3.21. The van der Waals surface area contributed by atoms with Crippen molar-refractivity contribution in [3.63, 3.8) is 0 Å². The fourth-order valence-electron chi connectivity index (χ4n) is 2.11. The lowest BCUT2D eigenvalue weighted by Crippen LogP contribution is -2.40. The van der Waals surface area contributed by atoms with E-state index >= 15 is 0 Å². The average molecular weight is 268 g/mol. The van der Waals surface area contributed by atoms with Crippen LogP contribution in [-0.2, 0) is 0 Å². The molecule has 4 nitrogen and oxygen atoms in total. The van der Waals surface area contributed by atoms with Gasteiger partial charge in [-0.2, -0.15) is 0 Å². The molecule has 0 aromatic heterocycles. The monoisotopic (exact) mass is 268 g/mol. The van der Waals surface area contributed by atoms with Crippen LogP contribution in [0.15, 0.2) is 23.2 Å². The van der Waals surface area contributed by atoms with Crippen LogP contribution in [0, 0.1) is 11.6 Å². The molecule has 6 heteroatoms. The van der Waals surface area contributed by atoms with Crippen molar-refractivity contribution in [3.8, 4) is 0 Å². The Bertz CT molecular complexity index is 488. The van der Waals surface area contributed by atoms with Gasteiger partial charge in [0.2, 0.25) is 0 Å². The highest BCUT2D eigenvalue weighted by Crippen LogP contribution is 2.26. The Morgan fingerprint density at radius 2 is 2.11 bits per heavy atom. The molecule has 0 amide bonds.